The highest BCUT2D eigenvalue weighted by Gasteiger charge is 2.42. The van der Waals surface area contributed by atoms with Gasteiger partial charge in [0.15, 0.2) is 0 Å². The molecule has 28 heavy (non-hydrogen) atoms. The highest BCUT2D eigenvalue weighted by molar-refractivity contribution is 5.88. The first-order valence-electron chi connectivity index (χ1n) is 10.3. The van der Waals surface area contributed by atoms with Crippen LogP contribution < -0.4 is 0 Å². The van der Waals surface area contributed by atoms with Crippen LogP contribution >= 0.6 is 0 Å². The van der Waals surface area contributed by atoms with E-state index in [9.17, 15) is 9.50 Å². The molecule has 0 bridgehead atoms. The molecule has 146 valence electrons. The zero-order valence-corrected chi connectivity index (χ0v) is 16.0. The summed E-state index contributed by atoms with van der Waals surface area (Å²) in [6.07, 6.45) is 7.08. The molecule has 3 aromatic rings. The predicted molar refractivity (Wildman–Crippen MR) is 108 cm³/mol. The molecule has 1 aliphatic heterocycles. The molecule has 5 rings (SSSR count). The third-order valence-electron chi connectivity index (χ3n) is 6.70. The van der Waals surface area contributed by atoms with Crippen LogP contribution in [0.1, 0.15) is 37.7 Å². The number of hydrogen-bond donors (Lipinski definition) is 2. The predicted octanol–water partition coefficient (Wildman–Crippen LogP) is 4.50. The average Bonchev–Trinajstić information content (AvgIpc) is 3.07. The summed E-state index contributed by atoms with van der Waals surface area (Å²) in [4.78, 5) is 10.4. The Hall–Kier alpha value is -2.24. The number of benzene rings is 1. The van der Waals surface area contributed by atoms with Crippen molar-refractivity contribution in [1.29, 1.82) is 0 Å². The second kappa shape index (κ2) is 6.98. The van der Waals surface area contributed by atoms with Crippen LogP contribution in [0.15, 0.2) is 42.6 Å². The fourth-order valence-electron chi connectivity index (χ4n) is 5.11. The number of aromatic amines is 1. The van der Waals surface area contributed by atoms with Crippen molar-refractivity contribution >= 4 is 11.0 Å². The van der Waals surface area contributed by atoms with Gasteiger partial charge >= 0.3 is 0 Å². The van der Waals surface area contributed by atoms with E-state index < -0.39 is 5.60 Å². The number of H-pyrrole nitrogens is 1. The minimum Gasteiger partial charge on any atom is -0.390 e. The Morgan fingerprint density at radius 3 is 2.89 bits per heavy atom. The molecule has 2 aromatic heterocycles. The summed E-state index contributed by atoms with van der Waals surface area (Å²) < 4.78 is 13.4. The van der Waals surface area contributed by atoms with Gasteiger partial charge in [0.25, 0.3) is 0 Å². The van der Waals surface area contributed by atoms with Crippen LogP contribution in [0.25, 0.3) is 22.3 Å². The van der Waals surface area contributed by atoms with Gasteiger partial charge < -0.3 is 10.1 Å². The van der Waals surface area contributed by atoms with Crippen LogP contribution in [0.4, 0.5) is 4.39 Å². The number of pyridine rings is 1. The minimum atomic E-state index is -0.462. The van der Waals surface area contributed by atoms with Crippen molar-refractivity contribution in [1.82, 2.24) is 14.9 Å². The highest BCUT2D eigenvalue weighted by atomic mass is 19.1. The number of fused-ring (bicyclic) bond motifs is 2. The summed E-state index contributed by atoms with van der Waals surface area (Å²) in [5.74, 6) is 0.139. The first-order chi connectivity index (χ1) is 13.6. The maximum Gasteiger partial charge on any atom is 0.138 e. The van der Waals surface area contributed by atoms with Crippen LogP contribution in [0.5, 0.6) is 0 Å². The van der Waals surface area contributed by atoms with Gasteiger partial charge in [-0.25, -0.2) is 9.37 Å². The molecule has 3 heterocycles. The molecule has 5 heteroatoms. The molecular formula is C23H26FN3O. The number of piperidine rings is 1. The van der Waals surface area contributed by atoms with Crippen molar-refractivity contribution in [2.24, 2.45) is 5.92 Å². The van der Waals surface area contributed by atoms with Gasteiger partial charge in [-0.3, -0.25) is 4.90 Å². The molecule has 0 radical (unpaired) electrons. The van der Waals surface area contributed by atoms with E-state index in [1.54, 1.807) is 6.20 Å². The van der Waals surface area contributed by atoms with Crippen molar-refractivity contribution in [2.45, 2.75) is 44.2 Å². The van der Waals surface area contributed by atoms with Crippen molar-refractivity contribution in [3.8, 4) is 11.3 Å². The van der Waals surface area contributed by atoms with Crippen LogP contribution in [-0.4, -0.2) is 38.7 Å². The van der Waals surface area contributed by atoms with E-state index in [2.05, 4.69) is 20.9 Å². The SMILES string of the molecule is OC12CCCCC1CN(Cc1c(-c3ccc(F)cc3)[nH]c3ncccc13)CC2. The quantitative estimate of drug-likeness (QED) is 0.705. The lowest BCUT2D eigenvalue weighted by atomic mass is 9.71. The topological polar surface area (TPSA) is 52.1 Å². The number of hydrogen-bond acceptors (Lipinski definition) is 3. The second-order valence-corrected chi connectivity index (χ2v) is 8.42. The maximum absolute atomic E-state index is 13.4. The lowest BCUT2D eigenvalue weighted by molar-refractivity contribution is -0.0967. The van der Waals surface area contributed by atoms with E-state index >= 15 is 0 Å². The maximum atomic E-state index is 13.4. The third kappa shape index (κ3) is 3.12. The molecule has 2 aliphatic rings. The molecule has 0 spiro atoms. The lowest BCUT2D eigenvalue weighted by Crippen LogP contribution is -2.52. The second-order valence-electron chi connectivity index (χ2n) is 8.42. The Morgan fingerprint density at radius 1 is 1.18 bits per heavy atom. The van der Waals surface area contributed by atoms with Crippen molar-refractivity contribution in [2.75, 3.05) is 13.1 Å². The van der Waals surface area contributed by atoms with E-state index in [0.29, 0.717) is 5.92 Å². The number of halogens is 1. The zero-order chi connectivity index (χ0) is 19.1. The van der Waals surface area contributed by atoms with Gasteiger partial charge in [0, 0.05) is 42.7 Å². The summed E-state index contributed by atoms with van der Waals surface area (Å²) in [6.45, 7) is 2.65. The van der Waals surface area contributed by atoms with Crippen LogP contribution in [-0.2, 0) is 6.54 Å². The largest absolute Gasteiger partial charge is 0.390 e. The highest BCUT2D eigenvalue weighted by Crippen LogP contribution is 2.41. The van der Waals surface area contributed by atoms with E-state index in [0.717, 1.165) is 67.6 Å². The number of nitrogens with one attached hydrogen (secondary N) is 1. The summed E-state index contributed by atoms with van der Waals surface area (Å²) in [5.41, 5.74) is 3.59. The molecule has 4 nitrogen and oxygen atoms in total. The van der Waals surface area contributed by atoms with Gasteiger partial charge in [-0.05, 0) is 61.2 Å². The van der Waals surface area contributed by atoms with Crippen LogP contribution in [0.2, 0.25) is 0 Å². The summed E-state index contributed by atoms with van der Waals surface area (Å²) >= 11 is 0. The van der Waals surface area contributed by atoms with E-state index in [4.69, 9.17) is 0 Å². The van der Waals surface area contributed by atoms with Crippen LogP contribution in [0.3, 0.4) is 0 Å². The summed E-state index contributed by atoms with van der Waals surface area (Å²) in [7, 11) is 0. The first-order valence-corrected chi connectivity index (χ1v) is 10.3. The molecule has 0 amide bonds. The fourth-order valence-corrected chi connectivity index (χ4v) is 5.11. The average molecular weight is 379 g/mol. The number of rotatable bonds is 3. The van der Waals surface area contributed by atoms with Crippen molar-refractivity contribution < 1.29 is 9.50 Å². The molecule has 1 aromatic carbocycles. The molecule has 1 saturated heterocycles. The number of aromatic nitrogens is 2. The Balaban J connectivity index is 1.48. The van der Waals surface area contributed by atoms with Gasteiger partial charge in [0.2, 0.25) is 0 Å². The minimum absolute atomic E-state index is 0.229. The van der Waals surface area contributed by atoms with E-state index in [1.807, 2.05) is 18.2 Å². The fraction of sp³-hybridized carbons (Fsp3) is 0.435. The van der Waals surface area contributed by atoms with Gasteiger partial charge in [0.1, 0.15) is 11.5 Å². The number of likely N-dealkylation sites (tertiary alicyclic amines) is 1. The molecule has 2 unspecified atom stereocenters. The molecule has 2 N–H and O–H groups in total. The van der Waals surface area contributed by atoms with Crippen molar-refractivity contribution in [3.05, 3.63) is 54.0 Å². The first kappa shape index (κ1) is 17.8. The monoisotopic (exact) mass is 379 g/mol. The normalized spacial score (nSPS) is 25.7. The van der Waals surface area contributed by atoms with Crippen LogP contribution in [0, 0.1) is 11.7 Å². The van der Waals surface area contributed by atoms with Gasteiger partial charge in [-0.2, -0.15) is 0 Å². The number of aliphatic hydroxyl groups is 1. The number of nitrogens with zero attached hydrogens (tertiary/aromatic N) is 2. The Morgan fingerprint density at radius 2 is 2.04 bits per heavy atom. The van der Waals surface area contributed by atoms with Gasteiger partial charge in [-0.15, -0.1) is 0 Å². The standard InChI is InChI=1S/C23H26FN3O/c24-18-8-6-16(7-9-18)21-20(19-5-3-12-25-22(19)26-21)15-27-13-11-23(28)10-2-1-4-17(23)14-27/h3,5-9,12,17,28H,1-2,4,10-11,13-15H2,(H,25,26). The third-order valence-corrected chi connectivity index (χ3v) is 6.70. The van der Waals surface area contributed by atoms with Crippen molar-refractivity contribution in [3.63, 3.8) is 0 Å². The molecule has 1 saturated carbocycles. The lowest BCUT2D eigenvalue weighted by Gasteiger charge is -2.47. The van der Waals surface area contributed by atoms with Gasteiger partial charge in [0.05, 0.1) is 11.3 Å². The molecular weight excluding hydrogens is 353 g/mol. The van der Waals surface area contributed by atoms with E-state index in [1.165, 1.54) is 24.1 Å². The molecule has 1 aliphatic carbocycles. The Labute approximate surface area is 164 Å². The van der Waals surface area contributed by atoms with Gasteiger partial charge in [-0.1, -0.05) is 12.8 Å². The van der Waals surface area contributed by atoms with E-state index in [-0.39, 0.29) is 5.82 Å². The Bertz CT molecular complexity index is 983. The molecule has 2 atom stereocenters. The smallest absolute Gasteiger partial charge is 0.138 e. The summed E-state index contributed by atoms with van der Waals surface area (Å²) in [5, 5.41) is 12.1. The summed E-state index contributed by atoms with van der Waals surface area (Å²) in [6, 6.07) is 10.7. The zero-order valence-electron chi connectivity index (χ0n) is 16.0. The Kier molecular flexibility index (Phi) is 4.44. The molecule has 2 fully saturated rings.